The highest BCUT2D eigenvalue weighted by Crippen LogP contribution is 2.27. The summed E-state index contributed by atoms with van der Waals surface area (Å²) >= 11 is 9.07. The number of ether oxygens (including phenoxy) is 1. The number of rotatable bonds is 3. The van der Waals surface area contributed by atoms with Crippen molar-refractivity contribution in [3.8, 4) is 5.75 Å². The van der Waals surface area contributed by atoms with E-state index in [9.17, 15) is 9.18 Å². The molecule has 98 valence electrons. The van der Waals surface area contributed by atoms with E-state index in [1.807, 2.05) is 0 Å². The maximum Gasteiger partial charge on any atom is 0.199 e. The quantitative estimate of drug-likeness (QED) is 0.768. The molecule has 0 aliphatic heterocycles. The molecule has 2 aromatic carbocycles. The number of carbonyl (C=O) groups is 1. The molecule has 0 atom stereocenters. The van der Waals surface area contributed by atoms with Crippen LogP contribution in [0.1, 0.15) is 15.9 Å². The highest BCUT2D eigenvalue weighted by Gasteiger charge is 2.18. The van der Waals surface area contributed by atoms with Crippen molar-refractivity contribution in [2.45, 2.75) is 0 Å². The second-order valence-corrected chi connectivity index (χ2v) is 5.15. The minimum atomic E-state index is -0.614. The smallest absolute Gasteiger partial charge is 0.199 e. The van der Waals surface area contributed by atoms with Gasteiger partial charge in [-0.1, -0.05) is 27.5 Å². The molecule has 0 aliphatic rings. The third-order valence-corrected chi connectivity index (χ3v) is 3.31. The molecule has 0 spiro atoms. The highest BCUT2D eigenvalue weighted by molar-refractivity contribution is 9.10. The van der Waals surface area contributed by atoms with Gasteiger partial charge < -0.3 is 4.74 Å². The number of halogens is 3. The molecule has 0 aliphatic carbocycles. The molecule has 2 nitrogen and oxygen atoms in total. The summed E-state index contributed by atoms with van der Waals surface area (Å²) in [5, 5.41) is 0.304. The van der Waals surface area contributed by atoms with E-state index in [-0.39, 0.29) is 11.1 Å². The van der Waals surface area contributed by atoms with Crippen LogP contribution in [0.25, 0.3) is 0 Å². The van der Waals surface area contributed by atoms with Crippen LogP contribution < -0.4 is 4.74 Å². The first-order valence-electron chi connectivity index (χ1n) is 5.36. The summed E-state index contributed by atoms with van der Waals surface area (Å²) in [7, 11) is 1.45. The number of methoxy groups -OCH3 is 1. The summed E-state index contributed by atoms with van der Waals surface area (Å²) in [6.07, 6.45) is 0. The van der Waals surface area contributed by atoms with Crippen molar-refractivity contribution in [2.75, 3.05) is 7.11 Å². The normalized spacial score (nSPS) is 10.3. The van der Waals surface area contributed by atoms with Crippen LogP contribution in [0.15, 0.2) is 40.9 Å². The molecule has 0 saturated carbocycles. The number of ketones is 1. The van der Waals surface area contributed by atoms with Gasteiger partial charge in [0, 0.05) is 9.50 Å². The fourth-order valence-corrected chi connectivity index (χ4v) is 2.21. The number of carbonyl (C=O) groups excluding carboxylic acids is 1. The first-order chi connectivity index (χ1) is 9.02. The van der Waals surface area contributed by atoms with Gasteiger partial charge in [0.15, 0.2) is 5.78 Å². The van der Waals surface area contributed by atoms with E-state index in [1.165, 1.54) is 25.3 Å². The molecule has 0 unspecified atom stereocenters. The predicted octanol–water partition coefficient (Wildman–Crippen LogP) is 4.48. The fourth-order valence-electron chi connectivity index (χ4n) is 1.67. The molecule has 19 heavy (non-hydrogen) atoms. The van der Waals surface area contributed by atoms with Crippen molar-refractivity contribution in [3.05, 3.63) is 62.8 Å². The maximum absolute atomic E-state index is 13.7. The van der Waals surface area contributed by atoms with Gasteiger partial charge in [0.2, 0.25) is 0 Å². The summed E-state index contributed by atoms with van der Waals surface area (Å²) in [5.41, 5.74) is 0.196. The predicted molar refractivity (Wildman–Crippen MR) is 75.5 cm³/mol. The zero-order chi connectivity index (χ0) is 14.0. The summed E-state index contributed by atoms with van der Waals surface area (Å²) in [4.78, 5) is 12.4. The molecule has 0 heterocycles. The van der Waals surface area contributed by atoms with Crippen LogP contribution in [0.4, 0.5) is 4.39 Å². The van der Waals surface area contributed by atoms with Crippen molar-refractivity contribution in [1.82, 2.24) is 0 Å². The zero-order valence-corrected chi connectivity index (χ0v) is 12.3. The topological polar surface area (TPSA) is 26.3 Å². The molecule has 5 heteroatoms. The van der Waals surface area contributed by atoms with E-state index in [4.69, 9.17) is 16.3 Å². The molecular weight excluding hydrogens is 335 g/mol. The Balaban J connectivity index is 2.55. The maximum atomic E-state index is 13.7. The van der Waals surface area contributed by atoms with Crippen molar-refractivity contribution >= 4 is 33.3 Å². The van der Waals surface area contributed by atoms with E-state index in [0.717, 1.165) is 0 Å². The van der Waals surface area contributed by atoms with E-state index in [0.29, 0.717) is 15.2 Å². The van der Waals surface area contributed by atoms with Gasteiger partial charge in [-0.15, -0.1) is 0 Å². The second kappa shape index (κ2) is 5.72. The van der Waals surface area contributed by atoms with Crippen LogP contribution in [-0.2, 0) is 0 Å². The third kappa shape index (κ3) is 2.96. The van der Waals surface area contributed by atoms with Crippen LogP contribution in [-0.4, -0.2) is 12.9 Å². The minimum absolute atomic E-state index is 0.0797. The Morgan fingerprint density at radius 3 is 2.63 bits per heavy atom. The van der Waals surface area contributed by atoms with Gasteiger partial charge in [0.1, 0.15) is 11.6 Å². The Bertz CT molecular complexity index is 643. The van der Waals surface area contributed by atoms with Gasteiger partial charge in [-0.25, -0.2) is 4.39 Å². The van der Waals surface area contributed by atoms with Crippen molar-refractivity contribution in [1.29, 1.82) is 0 Å². The Kier molecular flexibility index (Phi) is 4.22. The van der Waals surface area contributed by atoms with E-state index >= 15 is 0 Å². The number of benzene rings is 2. The largest absolute Gasteiger partial charge is 0.496 e. The standard InChI is InChI=1S/C14H9BrClFO2/c1-19-13-5-2-8(15)6-11(13)14(18)10-7-9(16)3-4-12(10)17/h2-7H,1H3. The number of hydrogen-bond donors (Lipinski definition) is 0. The molecular formula is C14H9BrClFO2. The Morgan fingerprint density at radius 1 is 1.21 bits per heavy atom. The lowest BCUT2D eigenvalue weighted by molar-refractivity contribution is 0.103. The Morgan fingerprint density at radius 2 is 1.95 bits per heavy atom. The van der Waals surface area contributed by atoms with Gasteiger partial charge in [0.25, 0.3) is 0 Å². The highest BCUT2D eigenvalue weighted by atomic mass is 79.9. The van der Waals surface area contributed by atoms with Crippen LogP contribution >= 0.6 is 27.5 Å². The van der Waals surface area contributed by atoms with E-state index < -0.39 is 11.6 Å². The van der Waals surface area contributed by atoms with Crippen LogP contribution in [0.3, 0.4) is 0 Å². The summed E-state index contributed by atoms with van der Waals surface area (Å²) < 4.78 is 19.5. The molecule has 0 saturated heterocycles. The van der Waals surface area contributed by atoms with Crippen LogP contribution in [0.5, 0.6) is 5.75 Å². The monoisotopic (exact) mass is 342 g/mol. The summed E-state index contributed by atoms with van der Waals surface area (Å²) in [5.74, 6) is -0.706. The van der Waals surface area contributed by atoms with Crippen LogP contribution in [0.2, 0.25) is 5.02 Å². The molecule has 0 aromatic heterocycles. The number of hydrogen-bond acceptors (Lipinski definition) is 2. The molecule has 2 aromatic rings. The average Bonchev–Trinajstić information content (AvgIpc) is 2.40. The Labute approximate surface area is 123 Å². The molecule has 0 fully saturated rings. The van der Waals surface area contributed by atoms with E-state index in [2.05, 4.69) is 15.9 Å². The molecule has 0 N–H and O–H groups in total. The minimum Gasteiger partial charge on any atom is -0.496 e. The van der Waals surface area contributed by atoms with Gasteiger partial charge >= 0.3 is 0 Å². The van der Waals surface area contributed by atoms with Crippen molar-refractivity contribution < 1.29 is 13.9 Å². The zero-order valence-electron chi connectivity index (χ0n) is 9.91. The van der Waals surface area contributed by atoms with Gasteiger partial charge in [-0.2, -0.15) is 0 Å². The van der Waals surface area contributed by atoms with Gasteiger partial charge in [-0.05, 0) is 36.4 Å². The van der Waals surface area contributed by atoms with E-state index in [1.54, 1.807) is 18.2 Å². The first-order valence-corrected chi connectivity index (χ1v) is 6.53. The summed E-state index contributed by atoms with van der Waals surface area (Å²) in [6, 6.07) is 8.83. The SMILES string of the molecule is COc1ccc(Br)cc1C(=O)c1cc(Cl)ccc1F. The van der Waals surface area contributed by atoms with Crippen LogP contribution in [0, 0.1) is 5.82 Å². The van der Waals surface area contributed by atoms with Crippen molar-refractivity contribution in [2.24, 2.45) is 0 Å². The molecule has 0 radical (unpaired) electrons. The average molecular weight is 344 g/mol. The van der Waals surface area contributed by atoms with Crippen molar-refractivity contribution in [3.63, 3.8) is 0 Å². The van der Waals surface area contributed by atoms with Gasteiger partial charge in [0.05, 0.1) is 18.2 Å². The third-order valence-electron chi connectivity index (χ3n) is 2.58. The molecule has 2 rings (SSSR count). The van der Waals surface area contributed by atoms with Gasteiger partial charge in [-0.3, -0.25) is 4.79 Å². The Hall–Kier alpha value is -1.39. The summed E-state index contributed by atoms with van der Waals surface area (Å²) in [6.45, 7) is 0. The lowest BCUT2D eigenvalue weighted by Gasteiger charge is -2.09. The first kappa shape index (κ1) is 14.0. The lowest BCUT2D eigenvalue weighted by Crippen LogP contribution is -2.06. The molecule has 0 amide bonds. The fraction of sp³-hybridized carbons (Fsp3) is 0.0714. The second-order valence-electron chi connectivity index (χ2n) is 3.80. The lowest BCUT2D eigenvalue weighted by atomic mass is 10.0. The molecule has 0 bridgehead atoms.